The minimum atomic E-state index is -1.57. The first-order valence-corrected chi connectivity index (χ1v) is 11.0. The third-order valence-electron chi connectivity index (χ3n) is 5.12. The number of aliphatic hydroxyl groups excluding tert-OH is 3. The van der Waals surface area contributed by atoms with Crippen LogP contribution in [0.3, 0.4) is 0 Å². The number of hydrogen-bond donors (Lipinski definition) is 5. The summed E-state index contributed by atoms with van der Waals surface area (Å²) in [6, 6.07) is 7.05. The molecule has 0 aromatic heterocycles. The van der Waals surface area contributed by atoms with Crippen molar-refractivity contribution < 1.29 is 29.9 Å². The topological polar surface area (TPSA) is 115 Å². The lowest BCUT2D eigenvalue weighted by Gasteiger charge is -2.28. The summed E-state index contributed by atoms with van der Waals surface area (Å²) in [5.41, 5.74) is 2.60. The highest BCUT2D eigenvalue weighted by molar-refractivity contribution is 5.73. The van der Waals surface area contributed by atoms with Crippen LogP contribution in [0.2, 0.25) is 0 Å². The van der Waals surface area contributed by atoms with Gasteiger partial charge in [0.05, 0.1) is 11.7 Å². The van der Waals surface area contributed by atoms with Crippen molar-refractivity contribution in [1.29, 1.82) is 0 Å². The normalized spacial score (nSPS) is 18.5. The molecule has 0 saturated carbocycles. The Hall–Kier alpha value is -2.46. The Morgan fingerprint density at radius 2 is 1.97 bits per heavy atom. The van der Waals surface area contributed by atoms with Crippen molar-refractivity contribution in [2.45, 2.75) is 58.0 Å². The van der Waals surface area contributed by atoms with E-state index < -0.39 is 24.4 Å². The first-order valence-electron chi connectivity index (χ1n) is 11.0. The number of ether oxygens (including phenoxy) is 1. The Morgan fingerprint density at radius 1 is 1.24 bits per heavy atom. The number of nitrogens with one attached hydrogen (secondary N) is 1. The summed E-state index contributed by atoms with van der Waals surface area (Å²) in [6.07, 6.45) is 8.31. The molecular weight excluding hydrogens is 439 g/mol. The van der Waals surface area contributed by atoms with Crippen LogP contribution in [-0.4, -0.2) is 51.3 Å². The van der Waals surface area contributed by atoms with Gasteiger partial charge in [-0.2, -0.15) is 0 Å². The Labute approximate surface area is 200 Å². The smallest absolute Gasteiger partial charge is 0.214 e. The first kappa shape index (κ1) is 29.6. The highest BCUT2D eigenvalue weighted by Gasteiger charge is 2.24. The molecule has 0 aliphatic heterocycles. The summed E-state index contributed by atoms with van der Waals surface area (Å²) in [6.45, 7) is 9.44. The lowest BCUT2D eigenvalue weighted by molar-refractivity contribution is -0.180. The molecule has 1 aliphatic rings. The maximum Gasteiger partial charge on any atom is 0.214 e. The Kier molecular flexibility index (Phi) is 12.2. The number of aliphatic imine (C=N–C) groups is 1. The first-order chi connectivity index (χ1) is 15.6. The molecule has 0 heterocycles. The largest absolute Gasteiger partial charge is 0.392 e. The zero-order valence-corrected chi connectivity index (χ0v) is 20.0. The van der Waals surface area contributed by atoms with E-state index in [2.05, 4.69) is 16.9 Å². The third kappa shape index (κ3) is 9.80. The summed E-state index contributed by atoms with van der Waals surface area (Å²) >= 11 is 0. The number of aliphatic hydroxyl groups is 4. The van der Waals surface area contributed by atoms with Crippen LogP contribution in [0.4, 0.5) is 4.70 Å². The Balaban J connectivity index is 0.00000578. The van der Waals surface area contributed by atoms with Crippen molar-refractivity contribution in [3.63, 3.8) is 0 Å². The summed E-state index contributed by atoms with van der Waals surface area (Å²) in [7, 11) is 0. The van der Waals surface area contributed by atoms with Crippen LogP contribution >= 0.6 is 0 Å². The number of hydrogen-bond acceptors (Lipinski definition) is 7. The van der Waals surface area contributed by atoms with Gasteiger partial charge in [0.25, 0.3) is 0 Å². The molecule has 2 rings (SSSR count). The van der Waals surface area contributed by atoms with Gasteiger partial charge < -0.3 is 25.2 Å². The Morgan fingerprint density at radius 3 is 2.62 bits per heavy atom. The second kappa shape index (κ2) is 14.1. The molecule has 7 nitrogen and oxygen atoms in total. The summed E-state index contributed by atoms with van der Waals surface area (Å²) in [5.74, 6) is -0.122. The number of rotatable bonds is 11. The van der Waals surface area contributed by atoms with Crippen molar-refractivity contribution in [1.82, 2.24) is 5.32 Å². The van der Waals surface area contributed by atoms with E-state index >= 15 is 0 Å². The van der Waals surface area contributed by atoms with Crippen LogP contribution in [0.15, 0.2) is 71.9 Å². The molecule has 0 amide bonds. The minimum absolute atomic E-state index is 0. The second-order valence-corrected chi connectivity index (χ2v) is 8.91. The van der Waals surface area contributed by atoms with E-state index in [0.717, 1.165) is 16.7 Å². The van der Waals surface area contributed by atoms with Crippen molar-refractivity contribution >= 4 is 11.8 Å². The fourth-order valence-electron chi connectivity index (χ4n) is 3.53. The van der Waals surface area contributed by atoms with Crippen LogP contribution < -0.4 is 5.32 Å². The quantitative estimate of drug-likeness (QED) is 0.247. The van der Waals surface area contributed by atoms with Crippen LogP contribution in [-0.2, 0) is 4.74 Å². The molecule has 0 fully saturated rings. The summed E-state index contributed by atoms with van der Waals surface area (Å²) in [4.78, 5) is 3.89. The second-order valence-electron chi connectivity index (χ2n) is 8.91. The molecule has 1 aromatic rings. The highest BCUT2D eigenvalue weighted by Crippen LogP contribution is 2.34. The third-order valence-corrected chi connectivity index (χ3v) is 5.12. The van der Waals surface area contributed by atoms with E-state index in [1.54, 1.807) is 30.5 Å². The van der Waals surface area contributed by atoms with E-state index in [-0.39, 0.29) is 10.6 Å². The van der Waals surface area contributed by atoms with Crippen LogP contribution in [0.25, 0.3) is 5.57 Å². The standard InChI is InChI=1S/C26H36N2O5.FH/c1-5-27-14-7-6-11-23(29)19-12-13-21(17-28-25(32)33-26(2,3)4)22(16-19)18-9-8-10-20(15-18)24(30)31;/h5-10,12-15,19,23-25,28-32H,1,11,16-17H2,2-4H3;1H/b7-6+,27-14?;. The van der Waals surface area contributed by atoms with Gasteiger partial charge in [-0.15, -0.1) is 0 Å². The fourth-order valence-corrected chi connectivity index (χ4v) is 3.53. The van der Waals surface area contributed by atoms with Gasteiger partial charge in [0.15, 0.2) is 6.29 Å². The van der Waals surface area contributed by atoms with Gasteiger partial charge in [-0.1, -0.05) is 43.0 Å². The maximum absolute atomic E-state index is 10.7. The molecule has 8 heteroatoms. The van der Waals surface area contributed by atoms with E-state index in [9.17, 15) is 20.4 Å². The van der Waals surface area contributed by atoms with Crippen molar-refractivity contribution in [2.24, 2.45) is 10.9 Å². The molecule has 0 radical (unpaired) electrons. The number of benzene rings is 1. The van der Waals surface area contributed by atoms with E-state index in [4.69, 9.17) is 4.74 Å². The van der Waals surface area contributed by atoms with Gasteiger partial charge in [-0.25, -0.2) is 0 Å². The van der Waals surface area contributed by atoms with Crippen molar-refractivity contribution in [2.75, 3.05) is 6.54 Å². The van der Waals surface area contributed by atoms with Crippen molar-refractivity contribution in [3.05, 3.63) is 78.0 Å². The molecule has 188 valence electrons. The lowest BCUT2D eigenvalue weighted by Crippen LogP contribution is -2.39. The molecule has 3 atom stereocenters. The van der Waals surface area contributed by atoms with Gasteiger partial charge in [0.1, 0.15) is 0 Å². The zero-order valence-electron chi connectivity index (χ0n) is 20.0. The van der Waals surface area contributed by atoms with Crippen LogP contribution in [0.5, 0.6) is 0 Å². The molecule has 5 N–H and O–H groups in total. The van der Waals surface area contributed by atoms with Gasteiger partial charge in [0.2, 0.25) is 6.41 Å². The Bertz CT molecular complexity index is 903. The predicted molar refractivity (Wildman–Crippen MR) is 134 cm³/mol. The molecule has 1 aromatic carbocycles. The van der Waals surface area contributed by atoms with Crippen LogP contribution in [0, 0.1) is 5.92 Å². The average Bonchev–Trinajstić information content (AvgIpc) is 2.76. The lowest BCUT2D eigenvalue weighted by atomic mass is 9.82. The number of allylic oxidation sites excluding steroid dienone is 2. The van der Waals surface area contributed by atoms with Crippen LogP contribution in [0.1, 0.15) is 51.0 Å². The van der Waals surface area contributed by atoms with Gasteiger partial charge >= 0.3 is 0 Å². The molecule has 0 spiro atoms. The fraction of sp³-hybridized carbons (Fsp3) is 0.423. The van der Waals surface area contributed by atoms with E-state index in [1.807, 2.05) is 45.1 Å². The predicted octanol–water partition coefficient (Wildman–Crippen LogP) is 3.35. The van der Waals surface area contributed by atoms with Gasteiger partial charge in [-0.3, -0.25) is 15.0 Å². The number of halogens is 1. The number of nitrogens with zero attached hydrogens (tertiary/aromatic N) is 1. The maximum atomic E-state index is 10.7. The zero-order chi connectivity index (χ0) is 24.4. The monoisotopic (exact) mass is 476 g/mol. The van der Waals surface area contributed by atoms with Gasteiger partial charge in [-0.05, 0) is 62.5 Å². The van der Waals surface area contributed by atoms with E-state index in [1.165, 1.54) is 6.20 Å². The molecular formula is C26H37FN2O5. The van der Waals surface area contributed by atoms with Crippen molar-refractivity contribution in [3.8, 4) is 0 Å². The molecule has 3 unspecified atom stereocenters. The minimum Gasteiger partial charge on any atom is -0.392 e. The molecule has 0 saturated heterocycles. The average molecular weight is 477 g/mol. The summed E-state index contributed by atoms with van der Waals surface area (Å²) < 4.78 is 5.52. The van der Waals surface area contributed by atoms with E-state index in [0.29, 0.717) is 24.9 Å². The highest BCUT2D eigenvalue weighted by atomic mass is 19.0. The molecule has 34 heavy (non-hydrogen) atoms. The molecule has 0 bridgehead atoms. The molecule has 1 aliphatic carbocycles. The SMILES string of the molecule is C=CN=C/C=C/CC(O)C1C=CC(CNC(O)OC(C)(C)C)=C(c2cccc(C(O)O)c2)C1.F. The van der Waals surface area contributed by atoms with Gasteiger partial charge in [0, 0.05) is 30.4 Å². The summed E-state index contributed by atoms with van der Waals surface area (Å²) in [5, 5.41) is 43.1.